The quantitative estimate of drug-likeness (QED) is 0.495. The predicted octanol–water partition coefficient (Wildman–Crippen LogP) is 3.04. The topological polar surface area (TPSA) is 85.8 Å². The summed E-state index contributed by atoms with van der Waals surface area (Å²) in [6.45, 7) is 1.50. The Bertz CT molecular complexity index is 817. The molecule has 0 aliphatic heterocycles. The van der Waals surface area contributed by atoms with E-state index in [4.69, 9.17) is 10.6 Å². The van der Waals surface area contributed by atoms with Crippen LogP contribution in [0.25, 0.3) is 0 Å². The van der Waals surface area contributed by atoms with Crippen LogP contribution >= 0.6 is 0 Å². The van der Waals surface area contributed by atoms with Crippen molar-refractivity contribution >= 4 is 17.6 Å². The summed E-state index contributed by atoms with van der Waals surface area (Å²) >= 11 is 0. The molecule has 3 rings (SSSR count). The Kier molecular flexibility index (Phi) is 4.97. The summed E-state index contributed by atoms with van der Waals surface area (Å²) < 4.78 is 32.3. The van der Waals surface area contributed by atoms with Gasteiger partial charge in [0.2, 0.25) is 0 Å². The standard InChI is InChI=1S/C17H17F2N5O/c1-10-4-16(15(19)5-14(10)18)21-8-13(24-20)9-25-17-22-6-12(7-23-17)11-2-3-11/h4-8,11H,2-3,9,20H2,1H3. The molecule has 0 bridgehead atoms. The molecule has 0 atom stereocenters. The van der Waals surface area contributed by atoms with E-state index in [0.717, 1.165) is 11.6 Å². The highest BCUT2D eigenvalue weighted by Crippen LogP contribution is 2.39. The second kappa shape index (κ2) is 7.33. The van der Waals surface area contributed by atoms with Crippen molar-refractivity contribution in [3.63, 3.8) is 0 Å². The number of halogens is 2. The van der Waals surface area contributed by atoms with Gasteiger partial charge in [-0.3, -0.25) is 4.99 Å². The van der Waals surface area contributed by atoms with Crippen LogP contribution < -0.4 is 10.6 Å². The van der Waals surface area contributed by atoms with Gasteiger partial charge in [0.1, 0.15) is 18.1 Å². The van der Waals surface area contributed by atoms with Gasteiger partial charge in [-0.2, -0.15) is 5.10 Å². The summed E-state index contributed by atoms with van der Waals surface area (Å²) in [6, 6.07) is 2.28. The molecule has 0 unspecified atom stereocenters. The number of rotatable bonds is 6. The fourth-order valence-electron chi connectivity index (χ4n) is 2.16. The van der Waals surface area contributed by atoms with Crippen molar-refractivity contribution in [2.24, 2.45) is 15.9 Å². The van der Waals surface area contributed by atoms with Crippen molar-refractivity contribution in [3.05, 3.63) is 47.3 Å². The summed E-state index contributed by atoms with van der Waals surface area (Å²) in [5.74, 6) is 4.46. The van der Waals surface area contributed by atoms with Crippen LogP contribution in [0.5, 0.6) is 6.01 Å². The molecule has 1 heterocycles. The molecular weight excluding hydrogens is 328 g/mol. The van der Waals surface area contributed by atoms with Gasteiger partial charge in [0.15, 0.2) is 5.82 Å². The summed E-state index contributed by atoms with van der Waals surface area (Å²) in [4.78, 5) is 12.2. The monoisotopic (exact) mass is 345 g/mol. The van der Waals surface area contributed by atoms with Crippen molar-refractivity contribution in [1.82, 2.24) is 9.97 Å². The van der Waals surface area contributed by atoms with Crippen LogP contribution in [-0.2, 0) is 0 Å². The molecule has 0 saturated heterocycles. The van der Waals surface area contributed by atoms with Crippen molar-refractivity contribution in [1.29, 1.82) is 0 Å². The minimum atomic E-state index is -0.768. The molecule has 1 saturated carbocycles. The lowest BCUT2D eigenvalue weighted by Gasteiger charge is -2.04. The number of aliphatic imine (C=N–C) groups is 1. The third kappa shape index (κ3) is 4.34. The number of hydrogen-bond donors (Lipinski definition) is 1. The van der Waals surface area contributed by atoms with Gasteiger partial charge in [0, 0.05) is 18.5 Å². The van der Waals surface area contributed by atoms with E-state index in [2.05, 4.69) is 20.1 Å². The van der Waals surface area contributed by atoms with Gasteiger partial charge < -0.3 is 10.6 Å². The fraction of sp³-hybridized carbons (Fsp3) is 0.294. The van der Waals surface area contributed by atoms with Crippen LogP contribution in [0.4, 0.5) is 14.5 Å². The third-order valence-corrected chi connectivity index (χ3v) is 3.79. The molecule has 0 amide bonds. The van der Waals surface area contributed by atoms with Crippen LogP contribution in [0.1, 0.15) is 29.9 Å². The number of ether oxygens (including phenoxy) is 1. The number of nitrogens with two attached hydrogens (primary N) is 1. The van der Waals surface area contributed by atoms with E-state index in [1.165, 1.54) is 32.0 Å². The summed E-state index contributed by atoms with van der Waals surface area (Å²) in [7, 11) is 0. The van der Waals surface area contributed by atoms with Crippen molar-refractivity contribution < 1.29 is 13.5 Å². The molecular formula is C17H17F2N5O. The minimum Gasteiger partial charge on any atom is -0.457 e. The molecule has 2 aromatic rings. The minimum absolute atomic E-state index is 0.00918. The highest BCUT2D eigenvalue weighted by molar-refractivity contribution is 6.31. The Morgan fingerprint density at radius 2 is 2.00 bits per heavy atom. The zero-order valence-corrected chi connectivity index (χ0v) is 13.6. The van der Waals surface area contributed by atoms with E-state index in [1.54, 1.807) is 12.4 Å². The maximum Gasteiger partial charge on any atom is 0.316 e. The van der Waals surface area contributed by atoms with Crippen LogP contribution in [0, 0.1) is 18.6 Å². The van der Waals surface area contributed by atoms with Gasteiger partial charge in [0.05, 0.1) is 11.9 Å². The lowest BCUT2D eigenvalue weighted by molar-refractivity contribution is 0.346. The summed E-state index contributed by atoms with van der Waals surface area (Å²) in [6.07, 6.45) is 7.08. The molecule has 0 radical (unpaired) electrons. The van der Waals surface area contributed by atoms with Crippen LogP contribution in [-0.4, -0.2) is 28.5 Å². The average Bonchev–Trinajstić information content (AvgIpc) is 3.45. The maximum atomic E-state index is 13.7. The zero-order chi connectivity index (χ0) is 17.8. The largest absolute Gasteiger partial charge is 0.457 e. The van der Waals surface area contributed by atoms with Crippen LogP contribution in [0.15, 0.2) is 34.6 Å². The van der Waals surface area contributed by atoms with Crippen LogP contribution in [0.2, 0.25) is 0 Å². The van der Waals surface area contributed by atoms with Gasteiger partial charge in [-0.15, -0.1) is 0 Å². The summed E-state index contributed by atoms with van der Waals surface area (Å²) in [5.41, 5.74) is 1.64. The second-order valence-corrected chi connectivity index (χ2v) is 5.79. The van der Waals surface area contributed by atoms with Gasteiger partial charge in [-0.25, -0.2) is 18.7 Å². The van der Waals surface area contributed by atoms with Gasteiger partial charge >= 0.3 is 6.01 Å². The fourth-order valence-corrected chi connectivity index (χ4v) is 2.16. The van der Waals surface area contributed by atoms with Crippen molar-refractivity contribution in [2.45, 2.75) is 25.7 Å². The van der Waals surface area contributed by atoms with E-state index in [-0.39, 0.29) is 24.0 Å². The Labute approximate surface area is 143 Å². The molecule has 25 heavy (non-hydrogen) atoms. The number of hydrazone groups is 1. The molecule has 8 heteroatoms. The van der Waals surface area contributed by atoms with E-state index in [9.17, 15) is 8.78 Å². The molecule has 1 aromatic heterocycles. The number of nitrogens with zero attached hydrogens (tertiary/aromatic N) is 4. The Hall–Kier alpha value is -2.90. The van der Waals surface area contributed by atoms with Gasteiger partial charge in [-0.05, 0) is 42.9 Å². The molecule has 130 valence electrons. The highest BCUT2D eigenvalue weighted by atomic mass is 19.1. The van der Waals surface area contributed by atoms with Crippen LogP contribution in [0.3, 0.4) is 0 Å². The number of benzene rings is 1. The lowest BCUT2D eigenvalue weighted by Crippen LogP contribution is -2.16. The van der Waals surface area contributed by atoms with E-state index >= 15 is 0 Å². The first-order chi connectivity index (χ1) is 12.1. The third-order valence-electron chi connectivity index (χ3n) is 3.79. The molecule has 1 aliphatic rings. The van der Waals surface area contributed by atoms with E-state index in [1.807, 2.05) is 0 Å². The zero-order valence-electron chi connectivity index (χ0n) is 13.6. The average molecular weight is 345 g/mol. The van der Waals surface area contributed by atoms with E-state index in [0.29, 0.717) is 11.5 Å². The molecule has 1 fully saturated rings. The number of aryl methyl sites for hydroxylation is 1. The molecule has 6 nitrogen and oxygen atoms in total. The first-order valence-corrected chi connectivity index (χ1v) is 7.78. The summed E-state index contributed by atoms with van der Waals surface area (Å²) in [5, 5.41) is 3.53. The highest BCUT2D eigenvalue weighted by Gasteiger charge is 2.24. The lowest BCUT2D eigenvalue weighted by atomic mass is 10.2. The first-order valence-electron chi connectivity index (χ1n) is 7.78. The SMILES string of the molecule is Cc1cc(N=CC(COc2ncc(C3CC3)cn2)=NN)c(F)cc1F. The normalized spacial score (nSPS) is 14.9. The Balaban J connectivity index is 1.61. The van der Waals surface area contributed by atoms with E-state index < -0.39 is 11.6 Å². The maximum absolute atomic E-state index is 13.7. The molecule has 1 aliphatic carbocycles. The Morgan fingerprint density at radius 3 is 2.64 bits per heavy atom. The Morgan fingerprint density at radius 1 is 1.28 bits per heavy atom. The predicted molar refractivity (Wildman–Crippen MR) is 90.4 cm³/mol. The van der Waals surface area contributed by atoms with Gasteiger partial charge in [0.25, 0.3) is 0 Å². The van der Waals surface area contributed by atoms with Gasteiger partial charge in [-0.1, -0.05) is 0 Å². The molecule has 1 aromatic carbocycles. The molecule has 0 spiro atoms. The number of aromatic nitrogens is 2. The van der Waals surface area contributed by atoms with Crippen molar-refractivity contribution in [3.8, 4) is 6.01 Å². The number of hydrogen-bond acceptors (Lipinski definition) is 6. The first kappa shape index (κ1) is 16.9. The van der Waals surface area contributed by atoms with Crippen molar-refractivity contribution in [2.75, 3.05) is 6.61 Å². The smallest absolute Gasteiger partial charge is 0.316 e. The molecule has 2 N–H and O–H groups in total. The second-order valence-electron chi connectivity index (χ2n) is 5.79.